The Bertz CT molecular complexity index is 1170. The molecule has 5 rings (SSSR count). The molecule has 0 atom stereocenters. The van der Waals surface area contributed by atoms with Gasteiger partial charge in [0.05, 0.1) is 12.5 Å². The Labute approximate surface area is 227 Å². The van der Waals surface area contributed by atoms with Gasteiger partial charge in [0, 0.05) is 17.5 Å². The van der Waals surface area contributed by atoms with Gasteiger partial charge in [0.1, 0.15) is 0 Å². The van der Waals surface area contributed by atoms with Gasteiger partial charge in [-0.2, -0.15) is 22.0 Å². The number of hydrogen-bond acceptors (Lipinski definition) is 3. The maximum Gasteiger partial charge on any atom is 0.400 e. The van der Waals surface area contributed by atoms with Gasteiger partial charge in [0.15, 0.2) is 23.0 Å². The lowest BCUT2D eigenvalue weighted by molar-refractivity contribution is -0.225. The minimum absolute atomic E-state index is 0.0277. The van der Waals surface area contributed by atoms with Gasteiger partial charge >= 0.3 is 6.11 Å². The molecule has 1 aliphatic heterocycles. The van der Waals surface area contributed by atoms with Gasteiger partial charge in [-0.05, 0) is 75.3 Å². The molecule has 0 aromatic heterocycles. The van der Waals surface area contributed by atoms with Crippen LogP contribution in [0.3, 0.4) is 0 Å². The number of rotatable bonds is 8. The summed E-state index contributed by atoms with van der Waals surface area (Å²) in [6, 6.07) is 3.88. The molecule has 2 aromatic carbocycles. The van der Waals surface area contributed by atoms with Crippen molar-refractivity contribution in [2.75, 3.05) is 6.61 Å². The van der Waals surface area contributed by atoms with Crippen molar-refractivity contribution in [1.82, 2.24) is 0 Å². The molecule has 0 N–H and O–H groups in total. The van der Waals surface area contributed by atoms with Crippen molar-refractivity contribution in [1.29, 1.82) is 0 Å². The summed E-state index contributed by atoms with van der Waals surface area (Å²) in [6.07, 6.45) is 5.94. The predicted octanol–water partition coefficient (Wildman–Crippen LogP) is 9.58. The highest BCUT2D eigenvalue weighted by Gasteiger charge is 2.46. The fraction of sp³-hybridized carbons (Fsp3) is 0.613. The van der Waals surface area contributed by atoms with Crippen LogP contribution in [0.25, 0.3) is 0 Å². The fourth-order valence-corrected chi connectivity index (χ4v) is 6.86. The summed E-state index contributed by atoms with van der Waals surface area (Å²) in [5.41, 5.74) is 0.595. The zero-order valence-corrected chi connectivity index (χ0v) is 22.6. The molecule has 2 fully saturated rings. The average molecular weight is 553 g/mol. The molecule has 8 heteroatoms. The van der Waals surface area contributed by atoms with Crippen LogP contribution in [0.5, 0.6) is 23.0 Å². The summed E-state index contributed by atoms with van der Waals surface area (Å²) in [4.78, 5) is 0. The Hall–Kier alpha value is -2.51. The molecule has 0 bridgehead atoms. The van der Waals surface area contributed by atoms with Crippen LogP contribution in [0, 0.1) is 41.1 Å². The summed E-state index contributed by atoms with van der Waals surface area (Å²) >= 11 is 0. The van der Waals surface area contributed by atoms with E-state index in [0.29, 0.717) is 30.2 Å². The van der Waals surface area contributed by atoms with Crippen LogP contribution in [-0.2, 0) is 6.42 Å². The van der Waals surface area contributed by atoms with Gasteiger partial charge in [-0.1, -0.05) is 38.7 Å². The molecule has 3 nitrogen and oxygen atoms in total. The molecule has 0 unspecified atom stereocenters. The average Bonchev–Trinajstić information content (AvgIpc) is 2.93. The van der Waals surface area contributed by atoms with E-state index in [-0.39, 0.29) is 24.3 Å². The van der Waals surface area contributed by atoms with E-state index in [2.05, 4.69) is 6.92 Å². The minimum atomic E-state index is -3.56. The van der Waals surface area contributed by atoms with E-state index in [0.717, 1.165) is 24.8 Å². The molecule has 1 heterocycles. The number of ether oxygens (including phenoxy) is 3. The maximum absolute atomic E-state index is 15.3. The first-order valence-electron chi connectivity index (χ1n) is 14.4. The third-order valence-corrected chi connectivity index (χ3v) is 8.98. The Kier molecular flexibility index (Phi) is 8.29. The highest BCUT2D eigenvalue weighted by atomic mass is 19.3. The second kappa shape index (κ2) is 11.5. The molecule has 2 aliphatic carbocycles. The summed E-state index contributed by atoms with van der Waals surface area (Å²) in [5, 5.41) is 0. The highest BCUT2D eigenvalue weighted by molar-refractivity contribution is 5.55. The second-order valence-corrected chi connectivity index (χ2v) is 11.4. The quantitative estimate of drug-likeness (QED) is 0.261. The molecule has 0 amide bonds. The van der Waals surface area contributed by atoms with Crippen molar-refractivity contribution in [2.24, 2.45) is 23.7 Å². The summed E-state index contributed by atoms with van der Waals surface area (Å²) < 4.78 is 90.3. The Morgan fingerprint density at radius 3 is 2.08 bits per heavy atom. The van der Waals surface area contributed by atoms with Crippen molar-refractivity contribution >= 4 is 0 Å². The molecule has 0 saturated heterocycles. The van der Waals surface area contributed by atoms with Crippen LogP contribution in [0.1, 0.15) is 89.2 Å². The first kappa shape index (κ1) is 28.0. The zero-order chi connectivity index (χ0) is 27.7. The molecule has 39 heavy (non-hydrogen) atoms. The molecule has 3 aliphatic rings. The second-order valence-electron chi connectivity index (χ2n) is 11.4. The Morgan fingerprint density at radius 2 is 1.44 bits per heavy atom. The van der Waals surface area contributed by atoms with E-state index in [9.17, 15) is 8.78 Å². The van der Waals surface area contributed by atoms with E-state index >= 15 is 13.2 Å². The number of halogens is 5. The van der Waals surface area contributed by atoms with Crippen molar-refractivity contribution < 1.29 is 36.2 Å². The lowest BCUT2D eigenvalue weighted by Gasteiger charge is -2.39. The molecular weight excluding hydrogens is 515 g/mol. The van der Waals surface area contributed by atoms with Gasteiger partial charge < -0.3 is 14.2 Å². The standard InChI is InChI=1S/C31H37F5O3/c1-3-5-18-6-8-19(9-7-18)20-10-13-23(14-11-20)31(35,36)39-24-15-12-21-16-22-17-25(37-4-2)26(32)28(34)30(22)38-29(21)27(24)33/h12,15,17-20,23H,3-11,13-14,16H2,1-2H3. The summed E-state index contributed by atoms with van der Waals surface area (Å²) in [5.74, 6) is -4.66. The van der Waals surface area contributed by atoms with E-state index in [1.807, 2.05) is 0 Å². The number of alkyl halides is 2. The Morgan fingerprint density at radius 1 is 0.795 bits per heavy atom. The third kappa shape index (κ3) is 5.71. The van der Waals surface area contributed by atoms with Gasteiger partial charge in [-0.25, -0.2) is 0 Å². The van der Waals surface area contributed by atoms with Crippen molar-refractivity contribution in [2.45, 2.75) is 90.6 Å². The topological polar surface area (TPSA) is 27.7 Å². The van der Waals surface area contributed by atoms with Crippen LogP contribution in [0.2, 0.25) is 0 Å². The largest absolute Gasteiger partial charge is 0.491 e. The lowest BCUT2D eigenvalue weighted by Crippen LogP contribution is -2.38. The molecule has 0 radical (unpaired) electrons. The van der Waals surface area contributed by atoms with E-state index < -0.39 is 46.7 Å². The normalized spacial score (nSPS) is 24.9. The van der Waals surface area contributed by atoms with Crippen LogP contribution >= 0.6 is 0 Å². The van der Waals surface area contributed by atoms with Crippen molar-refractivity contribution in [3.8, 4) is 23.0 Å². The summed E-state index contributed by atoms with van der Waals surface area (Å²) in [6.45, 7) is 4.00. The third-order valence-electron chi connectivity index (χ3n) is 8.98. The monoisotopic (exact) mass is 552 g/mol. The molecule has 2 saturated carbocycles. The van der Waals surface area contributed by atoms with Crippen LogP contribution in [0.15, 0.2) is 18.2 Å². The Balaban J connectivity index is 1.24. The van der Waals surface area contributed by atoms with Crippen molar-refractivity contribution in [3.05, 3.63) is 46.8 Å². The van der Waals surface area contributed by atoms with E-state index in [1.165, 1.54) is 50.7 Å². The first-order valence-corrected chi connectivity index (χ1v) is 14.4. The SMILES string of the molecule is CCCC1CCC(C2CCC(C(F)(F)Oc3ccc4c(c3F)Oc3c(cc(OCC)c(F)c3F)C4)CC2)CC1. The summed E-state index contributed by atoms with van der Waals surface area (Å²) in [7, 11) is 0. The van der Waals surface area contributed by atoms with E-state index in [4.69, 9.17) is 14.2 Å². The number of benzene rings is 2. The molecular formula is C31H37F5O3. The minimum Gasteiger partial charge on any atom is -0.491 e. The van der Waals surface area contributed by atoms with Gasteiger partial charge in [-0.15, -0.1) is 0 Å². The predicted molar refractivity (Wildman–Crippen MR) is 138 cm³/mol. The fourth-order valence-electron chi connectivity index (χ4n) is 6.86. The zero-order valence-electron chi connectivity index (χ0n) is 22.6. The van der Waals surface area contributed by atoms with Gasteiger partial charge in [0.25, 0.3) is 0 Å². The number of hydrogen-bond donors (Lipinski definition) is 0. The maximum atomic E-state index is 15.3. The molecule has 2 aromatic rings. The van der Waals surface area contributed by atoms with Gasteiger partial charge in [0.2, 0.25) is 17.5 Å². The molecule has 214 valence electrons. The first-order chi connectivity index (χ1) is 18.7. The smallest absolute Gasteiger partial charge is 0.400 e. The van der Waals surface area contributed by atoms with Gasteiger partial charge in [-0.3, -0.25) is 0 Å². The van der Waals surface area contributed by atoms with Crippen LogP contribution in [-0.4, -0.2) is 12.7 Å². The van der Waals surface area contributed by atoms with Crippen LogP contribution < -0.4 is 14.2 Å². The van der Waals surface area contributed by atoms with Crippen molar-refractivity contribution in [3.63, 3.8) is 0 Å². The van der Waals surface area contributed by atoms with E-state index in [1.54, 1.807) is 6.92 Å². The molecule has 0 spiro atoms. The lowest BCUT2D eigenvalue weighted by atomic mass is 9.68. The van der Waals surface area contributed by atoms with Crippen LogP contribution in [0.4, 0.5) is 22.0 Å². The number of fused-ring (bicyclic) bond motifs is 2. The highest BCUT2D eigenvalue weighted by Crippen LogP contribution is 2.48.